The second kappa shape index (κ2) is 7.39. The van der Waals surface area contributed by atoms with Gasteiger partial charge in [-0.25, -0.2) is 0 Å². The fourth-order valence-electron chi connectivity index (χ4n) is 1.58. The molecule has 1 aromatic carbocycles. The first kappa shape index (κ1) is 15.0. The number of rotatable bonds is 8. The van der Waals surface area contributed by atoms with Crippen molar-refractivity contribution in [3.05, 3.63) is 29.8 Å². The third kappa shape index (κ3) is 6.03. The quantitative estimate of drug-likeness (QED) is 0.570. The van der Waals surface area contributed by atoms with Crippen molar-refractivity contribution in [2.45, 2.75) is 38.7 Å². The van der Waals surface area contributed by atoms with E-state index in [9.17, 15) is 0 Å². The van der Waals surface area contributed by atoms with E-state index >= 15 is 0 Å². The monoisotopic (exact) mass is 251 g/mol. The molecule has 0 fully saturated rings. The highest BCUT2D eigenvalue weighted by Gasteiger charge is 2.15. The summed E-state index contributed by atoms with van der Waals surface area (Å²) in [6.45, 7) is 5.70. The third-order valence-corrected chi connectivity index (χ3v) is 3.13. The molecule has 3 heteroatoms. The van der Waals surface area contributed by atoms with Crippen LogP contribution < -0.4 is 5.73 Å². The van der Waals surface area contributed by atoms with Crippen LogP contribution in [0.1, 0.15) is 32.3 Å². The van der Waals surface area contributed by atoms with E-state index in [0.29, 0.717) is 0 Å². The molecule has 0 saturated heterocycles. The van der Waals surface area contributed by atoms with E-state index in [1.807, 2.05) is 12.1 Å². The van der Waals surface area contributed by atoms with Crippen LogP contribution in [0.15, 0.2) is 24.3 Å². The Balaban J connectivity index is 2.07. The highest BCUT2D eigenvalue weighted by Crippen LogP contribution is 2.12. The Morgan fingerprint density at radius 2 is 1.78 bits per heavy atom. The lowest BCUT2D eigenvalue weighted by molar-refractivity contribution is -0.00996. The maximum atomic E-state index is 5.64. The van der Waals surface area contributed by atoms with E-state index in [4.69, 9.17) is 15.2 Å². The number of benzene rings is 1. The van der Waals surface area contributed by atoms with Crippen molar-refractivity contribution >= 4 is 5.69 Å². The topological polar surface area (TPSA) is 44.5 Å². The normalized spacial score (nSPS) is 11.7. The van der Waals surface area contributed by atoms with Crippen LogP contribution in [-0.2, 0) is 15.9 Å². The van der Waals surface area contributed by atoms with Crippen LogP contribution in [0.4, 0.5) is 5.69 Å². The summed E-state index contributed by atoms with van der Waals surface area (Å²) in [5, 5.41) is 0. The molecule has 0 aromatic heterocycles. The molecule has 0 bridgehead atoms. The zero-order valence-corrected chi connectivity index (χ0v) is 11.7. The van der Waals surface area contributed by atoms with Crippen LogP contribution >= 0.6 is 0 Å². The minimum atomic E-state index is -0.0864. The Bertz CT molecular complexity index is 333. The summed E-state index contributed by atoms with van der Waals surface area (Å²) in [6, 6.07) is 8.03. The van der Waals surface area contributed by atoms with Gasteiger partial charge < -0.3 is 15.2 Å². The van der Waals surface area contributed by atoms with E-state index in [0.717, 1.165) is 38.2 Å². The standard InChI is InChI=1S/C15H25NO2/c1-15(2,17-3)10-12-18-11-4-5-13-6-8-14(16)9-7-13/h6-9H,4-5,10-12,16H2,1-3H3. The molecule has 102 valence electrons. The van der Waals surface area contributed by atoms with Crippen LogP contribution in [0.5, 0.6) is 0 Å². The Labute approximate surface area is 110 Å². The van der Waals surface area contributed by atoms with Gasteiger partial charge >= 0.3 is 0 Å². The average molecular weight is 251 g/mol. The highest BCUT2D eigenvalue weighted by molar-refractivity contribution is 5.39. The van der Waals surface area contributed by atoms with Gasteiger partial charge in [0.2, 0.25) is 0 Å². The Hall–Kier alpha value is -1.06. The molecule has 18 heavy (non-hydrogen) atoms. The summed E-state index contributed by atoms with van der Waals surface area (Å²) < 4.78 is 10.9. The van der Waals surface area contributed by atoms with Gasteiger partial charge in [0, 0.05) is 26.0 Å². The largest absolute Gasteiger partial charge is 0.399 e. The predicted molar refractivity (Wildman–Crippen MR) is 75.7 cm³/mol. The number of hydrogen-bond acceptors (Lipinski definition) is 3. The molecule has 0 atom stereocenters. The smallest absolute Gasteiger partial charge is 0.0644 e. The van der Waals surface area contributed by atoms with Crippen LogP contribution in [-0.4, -0.2) is 25.9 Å². The molecular formula is C15H25NO2. The summed E-state index contributed by atoms with van der Waals surface area (Å²) in [5.41, 5.74) is 7.68. The molecule has 0 amide bonds. The van der Waals surface area contributed by atoms with Crippen molar-refractivity contribution in [2.75, 3.05) is 26.1 Å². The van der Waals surface area contributed by atoms with Crippen molar-refractivity contribution in [3.8, 4) is 0 Å². The zero-order chi connectivity index (χ0) is 13.4. The second-order valence-corrected chi connectivity index (χ2v) is 5.17. The van der Waals surface area contributed by atoms with Crippen molar-refractivity contribution < 1.29 is 9.47 Å². The number of nitrogen functional groups attached to an aromatic ring is 1. The van der Waals surface area contributed by atoms with E-state index in [1.165, 1.54) is 5.56 Å². The molecule has 0 aliphatic rings. The van der Waals surface area contributed by atoms with Crippen LogP contribution in [0.25, 0.3) is 0 Å². The number of anilines is 1. The summed E-state index contributed by atoms with van der Waals surface area (Å²) in [6.07, 6.45) is 3.00. The maximum Gasteiger partial charge on any atom is 0.0644 e. The van der Waals surface area contributed by atoms with Crippen molar-refractivity contribution in [3.63, 3.8) is 0 Å². The summed E-state index contributed by atoms with van der Waals surface area (Å²) >= 11 is 0. The lowest BCUT2D eigenvalue weighted by Crippen LogP contribution is -2.24. The number of methoxy groups -OCH3 is 1. The van der Waals surface area contributed by atoms with Crippen LogP contribution in [0.3, 0.4) is 0 Å². The molecule has 3 nitrogen and oxygen atoms in total. The SMILES string of the molecule is COC(C)(C)CCOCCCc1ccc(N)cc1. The number of hydrogen-bond donors (Lipinski definition) is 1. The molecule has 0 aliphatic carbocycles. The fourth-order valence-corrected chi connectivity index (χ4v) is 1.58. The maximum absolute atomic E-state index is 5.64. The first-order valence-electron chi connectivity index (χ1n) is 6.51. The molecule has 0 unspecified atom stereocenters. The van der Waals surface area contributed by atoms with Crippen molar-refractivity contribution in [2.24, 2.45) is 0 Å². The summed E-state index contributed by atoms with van der Waals surface area (Å²) in [5.74, 6) is 0. The molecule has 1 rings (SSSR count). The van der Waals surface area contributed by atoms with Gasteiger partial charge in [-0.1, -0.05) is 12.1 Å². The summed E-state index contributed by atoms with van der Waals surface area (Å²) in [7, 11) is 1.74. The molecular weight excluding hydrogens is 226 g/mol. The average Bonchev–Trinajstić information content (AvgIpc) is 2.36. The van der Waals surface area contributed by atoms with Crippen LogP contribution in [0.2, 0.25) is 0 Å². The molecule has 0 aliphatic heterocycles. The highest BCUT2D eigenvalue weighted by atomic mass is 16.5. The van der Waals surface area contributed by atoms with E-state index in [-0.39, 0.29) is 5.60 Å². The minimum Gasteiger partial charge on any atom is -0.399 e. The van der Waals surface area contributed by atoms with Crippen LogP contribution in [0, 0.1) is 0 Å². The number of aryl methyl sites for hydroxylation is 1. The lowest BCUT2D eigenvalue weighted by atomic mass is 10.1. The molecule has 0 radical (unpaired) electrons. The molecule has 0 heterocycles. The van der Waals surface area contributed by atoms with Gasteiger partial charge in [0.25, 0.3) is 0 Å². The van der Waals surface area contributed by atoms with Gasteiger partial charge in [0.1, 0.15) is 0 Å². The number of ether oxygens (including phenoxy) is 2. The van der Waals surface area contributed by atoms with Crippen molar-refractivity contribution in [1.82, 2.24) is 0 Å². The van der Waals surface area contributed by atoms with Gasteiger partial charge in [-0.05, 0) is 50.8 Å². The Morgan fingerprint density at radius 1 is 1.11 bits per heavy atom. The fraction of sp³-hybridized carbons (Fsp3) is 0.600. The Kier molecular flexibility index (Phi) is 6.16. The first-order valence-corrected chi connectivity index (χ1v) is 6.51. The van der Waals surface area contributed by atoms with Gasteiger partial charge in [0.15, 0.2) is 0 Å². The van der Waals surface area contributed by atoms with Gasteiger partial charge in [0.05, 0.1) is 5.60 Å². The molecule has 1 aromatic rings. The molecule has 2 N–H and O–H groups in total. The van der Waals surface area contributed by atoms with Gasteiger partial charge in [-0.15, -0.1) is 0 Å². The van der Waals surface area contributed by atoms with E-state index in [1.54, 1.807) is 7.11 Å². The zero-order valence-electron chi connectivity index (χ0n) is 11.7. The molecule has 0 saturated carbocycles. The third-order valence-electron chi connectivity index (χ3n) is 3.13. The summed E-state index contributed by atoms with van der Waals surface area (Å²) in [4.78, 5) is 0. The lowest BCUT2D eigenvalue weighted by Gasteiger charge is -2.22. The Morgan fingerprint density at radius 3 is 2.39 bits per heavy atom. The predicted octanol–water partition coefficient (Wildman–Crippen LogP) is 3.03. The minimum absolute atomic E-state index is 0.0864. The van der Waals surface area contributed by atoms with E-state index < -0.39 is 0 Å². The first-order chi connectivity index (χ1) is 8.53. The molecule has 0 spiro atoms. The number of nitrogens with two attached hydrogens (primary N) is 1. The van der Waals surface area contributed by atoms with E-state index in [2.05, 4.69) is 26.0 Å². The second-order valence-electron chi connectivity index (χ2n) is 5.17. The van der Waals surface area contributed by atoms with Crippen molar-refractivity contribution in [1.29, 1.82) is 0 Å². The van der Waals surface area contributed by atoms with Gasteiger partial charge in [-0.3, -0.25) is 0 Å². The van der Waals surface area contributed by atoms with Gasteiger partial charge in [-0.2, -0.15) is 0 Å².